The van der Waals surface area contributed by atoms with Gasteiger partial charge in [0.15, 0.2) is 0 Å². The van der Waals surface area contributed by atoms with Crippen molar-refractivity contribution in [1.82, 2.24) is 9.55 Å². The monoisotopic (exact) mass is 217 g/mol. The smallest absolute Gasteiger partial charge is 0.330 e. The van der Waals surface area contributed by atoms with Gasteiger partial charge in [-0.15, -0.1) is 0 Å². The summed E-state index contributed by atoms with van der Waals surface area (Å²) < 4.78 is 1.59. The molecule has 4 heteroatoms. The largest absolute Gasteiger partial charge is 0.330 e. The Balaban J connectivity index is 2.29. The summed E-state index contributed by atoms with van der Waals surface area (Å²) in [6, 6.07) is 7.95. The molecule has 2 rings (SSSR count). The van der Waals surface area contributed by atoms with E-state index in [0.29, 0.717) is 6.54 Å². The van der Waals surface area contributed by atoms with Gasteiger partial charge < -0.3 is 10.7 Å². The molecule has 0 fully saturated rings. The maximum atomic E-state index is 11.4. The zero-order chi connectivity index (χ0) is 11.4. The first-order valence-electron chi connectivity index (χ1n) is 5.36. The second-order valence-corrected chi connectivity index (χ2v) is 3.70. The minimum Gasteiger partial charge on any atom is -0.330 e. The van der Waals surface area contributed by atoms with Crippen LogP contribution in [0.15, 0.2) is 41.5 Å². The van der Waals surface area contributed by atoms with E-state index in [2.05, 4.69) is 11.1 Å². The van der Waals surface area contributed by atoms with Crippen molar-refractivity contribution >= 4 is 0 Å². The van der Waals surface area contributed by atoms with Gasteiger partial charge in [0.25, 0.3) is 0 Å². The van der Waals surface area contributed by atoms with Crippen LogP contribution in [0, 0.1) is 0 Å². The summed E-state index contributed by atoms with van der Waals surface area (Å²) >= 11 is 0. The van der Waals surface area contributed by atoms with Gasteiger partial charge in [-0.1, -0.05) is 12.1 Å². The number of aromatic nitrogens is 2. The van der Waals surface area contributed by atoms with E-state index in [-0.39, 0.29) is 5.69 Å². The molecule has 0 aliphatic heterocycles. The Morgan fingerprint density at radius 2 is 2.25 bits per heavy atom. The Labute approximate surface area is 93.7 Å². The number of imidazole rings is 1. The van der Waals surface area contributed by atoms with Crippen molar-refractivity contribution in [1.29, 1.82) is 0 Å². The lowest BCUT2D eigenvalue weighted by Crippen LogP contribution is -2.14. The van der Waals surface area contributed by atoms with Gasteiger partial charge in [0, 0.05) is 12.4 Å². The zero-order valence-electron chi connectivity index (χ0n) is 9.02. The molecule has 1 heterocycles. The van der Waals surface area contributed by atoms with Crippen LogP contribution >= 0.6 is 0 Å². The highest BCUT2D eigenvalue weighted by Gasteiger charge is 2.00. The van der Waals surface area contributed by atoms with Crippen LogP contribution in [-0.2, 0) is 6.42 Å². The molecular formula is C12H15N3O. The highest BCUT2D eigenvalue weighted by molar-refractivity contribution is 5.35. The average molecular weight is 217 g/mol. The quantitative estimate of drug-likeness (QED) is 0.804. The number of benzene rings is 1. The molecule has 0 spiro atoms. The molecule has 0 saturated carbocycles. The summed E-state index contributed by atoms with van der Waals surface area (Å²) in [5.41, 5.74) is 7.45. The van der Waals surface area contributed by atoms with Crippen molar-refractivity contribution < 1.29 is 0 Å². The average Bonchev–Trinajstić information content (AvgIpc) is 2.73. The van der Waals surface area contributed by atoms with Crippen molar-refractivity contribution in [2.75, 3.05) is 6.54 Å². The number of H-pyrrole nitrogens is 1. The predicted octanol–water partition coefficient (Wildman–Crippen LogP) is 1.06. The molecule has 1 aromatic carbocycles. The zero-order valence-corrected chi connectivity index (χ0v) is 9.02. The molecule has 0 radical (unpaired) electrons. The van der Waals surface area contributed by atoms with Crippen molar-refractivity contribution in [3.05, 3.63) is 52.7 Å². The summed E-state index contributed by atoms with van der Waals surface area (Å²) in [6.07, 6.45) is 5.27. The van der Waals surface area contributed by atoms with Crippen molar-refractivity contribution in [2.24, 2.45) is 5.73 Å². The van der Waals surface area contributed by atoms with E-state index in [1.807, 2.05) is 18.2 Å². The molecule has 16 heavy (non-hydrogen) atoms. The van der Waals surface area contributed by atoms with Crippen LogP contribution in [0.5, 0.6) is 0 Å². The fourth-order valence-corrected chi connectivity index (χ4v) is 1.69. The van der Waals surface area contributed by atoms with Crippen molar-refractivity contribution in [2.45, 2.75) is 12.8 Å². The third kappa shape index (κ3) is 2.23. The van der Waals surface area contributed by atoms with E-state index < -0.39 is 0 Å². The van der Waals surface area contributed by atoms with E-state index in [4.69, 9.17) is 5.73 Å². The fourth-order valence-electron chi connectivity index (χ4n) is 1.69. The third-order valence-electron chi connectivity index (χ3n) is 2.51. The topological polar surface area (TPSA) is 63.8 Å². The van der Waals surface area contributed by atoms with Gasteiger partial charge in [-0.05, 0) is 37.1 Å². The molecule has 84 valence electrons. The van der Waals surface area contributed by atoms with Crippen LogP contribution in [0.1, 0.15) is 12.0 Å². The molecule has 0 saturated heterocycles. The van der Waals surface area contributed by atoms with E-state index in [1.165, 1.54) is 5.56 Å². The van der Waals surface area contributed by atoms with Crippen LogP contribution in [-0.4, -0.2) is 16.1 Å². The molecule has 0 bridgehead atoms. The molecular weight excluding hydrogens is 202 g/mol. The normalized spacial score (nSPS) is 10.6. The van der Waals surface area contributed by atoms with Gasteiger partial charge in [0.2, 0.25) is 0 Å². The predicted molar refractivity (Wildman–Crippen MR) is 63.8 cm³/mol. The van der Waals surface area contributed by atoms with Crippen LogP contribution < -0.4 is 11.4 Å². The summed E-state index contributed by atoms with van der Waals surface area (Å²) in [5, 5.41) is 0. The van der Waals surface area contributed by atoms with Gasteiger partial charge >= 0.3 is 5.69 Å². The van der Waals surface area contributed by atoms with E-state index in [9.17, 15) is 4.79 Å². The Bertz CT molecular complexity index is 513. The lowest BCUT2D eigenvalue weighted by atomic mass is 10.1. The molecule has 4 nitrogen and oxygen atoms in total. The summed E-state index contributed by atoms with van der Waals surface area (Å²) in [6.45, 7) is 0.689. The lowest BCUT2D eigenvalue weighted by molar-refractivity contribution is 0.830. The first-order valence-corrected chi connectivity index (χ1v) is 5.36. The highest BCUT2D eigenvalue weighted by atomic mass is 16.1. The Morgan fingerprint density at radius 1 is 1.38 bits per heavy atom. The van der Waals surface area contributed by atoms with Gasteiger partial charge in [-0.2, -0.15) is 0 Å². The molecule has 0 aliphatic rings. The van der Waals surface area contributed by atoms with Crippen LogP contribution in [0.25, 0.3) is 5.69 Å². The standard InChI is InChI=1S/C12H15N3O/c13-6-2-4-10-3-1-5-11(9-10)15-8-7-14-12(15)16/h1,3,5,7-9H,2,4,6,13H2,(H,14,16). The number of hydrogen-bond acceptors (Lipinski definition) is 2. The number of nitrogens with two attached hydrogens (primary N) is 1. The third-order valence-corrected chi connectivity index (χ3v) is 2.51. The molecule has 2 aromatic rings. The number of aromatic amines is 1. The van der Waals surface area contributed by atoms with E-state index in [1.54, 1.807) is 17.0 Å². The molecule has 0 aliphatic carbocycles. The molecule has 3 N–H and O–H groups in total. The maximum Gasteiger partial charge on any atom is 0.330 e. The van der Waals surface area contributed by atoms with Gasteiger partial charge in [-0.3, -0.25) is 4.57 Å². The number of hydrogen-bond donors (Lipinski definition) is 2. The summed E-state index contributed by atoms with van der Waals surface area (Å²) in [4.78, 5) is 14.0. The number of nitrogens with zero attached hydrogens (tertiary/aromatic N) is 1. The number of nitrogens with one attached hydrogen (secondary N) is 1. The van der Waals surface area contributed by atoms with Gasteiger partial charge in [-0.25, -0.2) is 4.79 Å². The molecule has 0 amide bonds. The van der Waals surface area contributed by atoms with Crippen LogP contribution in [0.2, 0.25) is 0 Å². The van der Waals surface area contributed by atoms with E-state index >= 15 is 0 Å². The van der Waals surface area contributed by atoms with Gasteiger partial charge in [0.1, 0.15) is 0 Å². The molecule has 0 unspecified atom stereocenters. The van der Waals surface area contributed by atoms with Crippen LogP contribution in [0.4, 0.5) is 0 Å². The Kier molecular flexibility index (Phi) is 3.22. The first kappa shape index (κ1) is 10.7. The molecule has 0 atom stereocenters. The Hall–Kier alpha value is -1.81. The molecule has 1 aromatic heterocycles. The minimum atomic E-state index is -0.115. The summed E-state index contributed by atoms with van der Waals surface area (Å²) in [5.74, 6) is 0. The van der Waals surface area contributed by atoms with Crippen LogP contribution in [0.3, 0.4) is 0 Å². The highest BCUT2D eigenvalue weighted by Crippen LogP contribution is 2.10. The second kappa shape index (κ2) is 4.81. The second-order valence-electron chi connectivity index (χ2n) is 3.70. The minimum absolute atomic E-state index is 0.115. The fraction of sp³-hybridized carbons (Fsp3) is 0.250. The number of rotatable bonds is 4. The summed E-state index contributed by atoms with van der Waals surface area (Å²) in [7, 11) is 0. The van der Waals surface area contributed by atoms with Crippen molar-refractivity contribution in [3.63, 3.8) is 0 Å². The Morgan fingerprint density at radius 3 is 2.94 bits per heavy atom. The first-order chi connectivity index (χ1) is 7.81. The number of aryl methyl sites for hydroxylation is 1. The lowest BCUT2D eigenvalue weighted by Gasteiger charge is -2.04. The van der Waals surface area contributed by atoms with Crippen molar-refractivity contribution in [3.8, 4) is 5.69 Å². The maximum absolute atomic E-state index is 11.4. The van der Waals surface area contributed by atoms with E-state index in [0.717, 1.165) is 18.5 Å². The van der Waals surface area contributed by atoms with Gasteiger partial charge in [0.05, 0.1) is 5.69 Å². The SMILES string of the molecule is NCCCc1cccc(-n2cc[nH]c2=O)c1.